The number of rotatable bonds is 9. The second-order valence-electron chi connectivity index (χ2n) is 6.16. The molecular formula is C22H16Cl2N2O6S. The summed E-state index contributed by atoms with van der Waals surface area (Å²) in [5, 5.41) is 18.2. The van der Waals surface area contributed by atoms with Crippen LogP contribution in [-0.2, 0) is 4.79 Å². The second-order valence-corrected chi connectivity index (χ2v) is 8.00. The van der Waals surface area contributed by atoms with Crippen molar-refractivity contribution in [2.45, 2.75) is 5.22 Å². The van der Waals surface area contributed by atoms with Gasteiger partial charge in [0.05, 0.1) is 24.8 Å². The van der Waals surface area contributed by atoms with Crippen LogP contribution in [0.5, 0.6) is 17.2 Å². The zero-order chi connectivity index (χ0) is 24.0. The van der Waals surface area contributed by atoms with Gasteiger partial charge in [0.2, 0.25) is 0 Å². The van der Waals surface area contributed by atoms with Crippen molar-refractivity contribution in [3.05, 3.63) is 50.8 Å². The zero-order valence-corrected chi connectivity index (χ0v) is 19.6. The molecule has 0 saturated heterocycles. The predicted molar refractivity (Wildman–Crippen MR) is 125 cm³/mol. The molecule has 2 aromatic carbocycles. The number of carbonyl (C=O) groups is 1. The van der Waals surface area contributed by atoms with Gasteiger partial charge in [-0.3, -0.25) is 0 Å². The summed E-state index contributed by atoms with van der Waals surface area (Å²) in [6, 6.07) is 8.01. The highest BCUT2D eigenvalue weighted by molar-refractivity contribution is 8.03. The first-order chi connectivity index (χ1) is 15.9. The molecule has 0 spiro atoms. The molecule has 170 valence electrons. The van der Waals surface area contributed by atoms with E-state index in [2.05, 4.69) is 16.1 Å². The summed E-state index contributed by atoms with van der Waals surface area (Å²) in [5.41, 5.74) is 0.926. The fraction of sp³-hybridized carbons (Fsp3) is 0.136. The molecule has 11 heteroatoms. The lowest BCUT2D eigenvalue weighted by molar-refractivity contribution is -0.131. The highest BCUT2D eigenvalue weighted by atomic mass is 35.5. The van der Waals surface area contributed by atoms with E-state index in [9.17, 15) is 9.90 Å². The van der Waals surface area contributed by atoms with E-state index in [1.165, 1.54) is 26.4 Å². The number of hydrogen-bond donors (Lipinski definition) is 1. The Kier molecular flexibility index (Phi) is 8.11. The normalized spacial score (nSPS) is 11.1. The Hall–Kier alpha value is -3.32. The fourth-order valence-corrected chi connectivity index (χ4v) is 3.78. The molecule has 0 fully saturated rings. The van der Waals surface area contributed by atoms with E-state index >= 15 is 0 Å². The van der Waals surface area contributed by atoms with Gasteiger partial charge in [-0.2, -0.15) is 0 Å². The van der Waals surface area contributed by atoms with Crippen LogP contribution in [0.3, 0.4) is 0 Å². The molecule has 0 saturated carbocycles. The number of thioether (sulfide) groups is 1. The molecule has 3 aromatic rings. The van der Waals surface area contributed by atoms with E-state index in [4.69, 9.17) is 48.3 Å². The quantitative estimate of drug-likeness (QED) is 0.235. The Bertz CT molecular complexity index is 1250. The highest BCUT2D eigenvalue weighted by Crippen LogP contribution is 2.39. The highest BCUT2D eigenvalue weighted by Gasteiger charge is 2.19. The van der Waals surface area contributed by atoms with Crippen molar-refractivity contribution < 1.29 is 28.5 Å². The van der Waals surface area contributed by atoms with Crippen LogP contribution >= 0.6 is 35.0 Å². The summed E-state index contributed by atoms with van der Waals surface area (Å²) in [6.45, 7) is -0.00159. The predicted octanol–water partition coefficient (Wildman–Crippen LogP) is 5.29. The third kappa shape index (κ3) is 5.93. The largest absolute Gasteiger partial charge is 0.496 e. The van der Waals surface area contributed by atoms with E-state index in [0.717, 1.165) is 11.8 Å². The summed E-state index contributed by atoms with van der Waals surface area (Å²) in [4.78, 5) is 11.8. The van der Waals surface area contributed by atoms with Gasteiger partial charge in [-0.15, -0.1) is 16.6 Å². The lowest BCUT2D eigenvalue weighted by Crippen LogP contribution is -1.99. The lowest BCUT2D eigenvalue weighted by Gasteiger charge is -2.12. The van der Waals surface area contributed by atoms with Crippen molar-refractivity contribution in [1.82, 2.24) is 10.2 Å². The number of benzene rings is 2. The number of aromatic nitrogens is 2. The first-order valence-corrected chi connectivity index (χ1v) is 10.7. The maximum absolute atomic E-state index is 11.9. The van der Waals surface area contributed by atoms with Crippen molar-refractivity contribution in [2.75, 3.05) is 20.8 Å². The average Bonchev–Trinajstić information content (AvgIpc) is 3.26. The van der Waals surface area contributed by atoms with E-state index < -0.39 is 5.97 Å². The molecule has 0 unspecified atom stereocenters. The molecule has 33 heavy (non-hydrogen) atoms. The number of terminal acetylenes is 1. The molecule has 0 atom stereocenters. The first-order valence-electron chi connectivity index (χ1n) is 9.10. The minimum Gasteiger partial charge on any atom is -0.496 e. The first kappa shape index (κ1) is 24.3. The van der Waals surface area contributed by atoms with Crippen LogP contribution in [0.4, 0.5) is 0 Å². The van der Waals surface area contributed by atoms with E-state index in [1.54, 1.807) is 24.3 Å². The summed E-state index contributed by atoms with van der Waals surface area (Å²) in [5.74, 6) is 2.29. The molecule has 0 aliphatic carbocycles. The molecule has 0 bridgehead atoms. The zero-order valence-electron chi connectivity index (χ0n) is 17.3. The minimum absolute atomic E-state index is 0.00159. The maximum atomic E-state index is 11.9. The number of carboxylic acid groups (broad SMARTS) is 1. The Morgan fingerprint density at radius 1 is 1.21 bits per heavy atom. The third-order valence-electron chi connectivity index (χ3n) is 4.06. The van der Waals surface area contributed by atoms with Gasteiger partial charge >= 0.3 is 5.97 Å². The van der Waals surface area contributed by atoms with E-state index in [-0.39, 0.29) is 33.4 Å². The van der Waals surface area contributed by atoms with Gasteiger partial charge in [0, 0.05) is 5.02 Å². The van der Waals surface area contributed by atoms with Crippen molar-refractivity contribution in [3.63, 3.8) is 0 Å². The monoisotopic (exact) mass is 506 g/mol. The molecule has 1 N–H and O–H groups in total. The third-order valence-corrected chi connectivity index (χ3v) is 5.42. The SMILES string of the molecule is C#CCOc1c(Cl)cc(/C=C(\Sc2nnc(-c3cc(Cl)ccc3OC)o2)C(=O)O)cc1OC. The fourth-order valence-electron chi connectivity index (χ4n) is 2.66. The maximum Gasteiger partial charge on any atom is 0.342 e. The number of ether oxygens (including phenoxy) is 3. The lowest BCUT2D eigenvalue weighted by atomic mass is 10.2. The molecular weight excluding hydrogens is 491 g/mol. The smallest absolute Gasteiger partial charge is 0.342 e. The summed E-state index contributed by atoms with van der Waals surface area (Å²) >= 11 is 13.1. The summed E-state index contributed by atoms with van der Waals surface area (Å²) in [7, 11) is 2.92. The van der Waals surface area contributed by atoms with Crippen LogP contribution in [-0.4, -0.2) is 42.1 Å². The summed E-state index contributed by atoms with van der Waals surface area (Å²) in [6.07, 6.45) is 6.60. The van der Waals surface area contributed by atoms with Gasteiger partial charge in [0.1, 0.15) is 17.3 Å². The summed E-state index contributed by atoms with van der Waals surface area (Å²) < 4.78 is 21.6. The topological polar surface area (TPSA) is 104 Å². The van der Waals surface area contributed by atoms with Crippen molar-refractivity contribution in [3.8, 4) is 41.0 Å². The number of carboxylic acids is 1. The molecule has 8 nitrogen and oxygen atoms in total. The van der Waals surface area contributed by atoms with Gasteiger partial charge in [-0.25, -0.2) is 4.79 Å². The van der Waals surface area contributed by atoms with E-state index in [1.807, 2.05) is 0 Å². The number of nitrogens with zero attached hydrogens (tertiary/aromatic N) is 2. The Balaban J connectivity index is 1.91. The van der Waals surface area contributed by atoms with Gasteiger partial charge in [0.25, 0.3) is 11.1 Å². The molecule has 1 aromatic heterocycles. The Morgan fingerprint density at radius 3 is 2.64 bits per heavy atom. The number of hydrogen-bond acceptors (Lipinski definition) is 8. The van der Waals surface area contributed by atoms with Crippen molar-refractivity contribution in [1.29, 1.82) is 0 Å². The van der Waals surface area contributed by atoms with Crippen molar-refractivity contribution >= 4 is 47.0 Å². The van der Waals surface area contributed by atoms with Crippen LogP contribution in [0.25, 0.3) is 17.5 Å². The van der Waals surface area contributed by atoms with Crippen LogP contribution in [0.2, 0.25) is 10.0 Å². The molecule has 1 heterocycles. The van der Waals surface area contributed by atoms with Crippen molar-refractivity contribution in [2.24, 2.45) is 0 Å². The van der Waals surface area contributed by atoms with E-state index in [0.29, 0.717) is 27.6 Å². The molecule has 0 amide bonds. The molecule has 3 rings (SSSR count). The van der Waals surface area contributed by atoms with Crippen LogP contribution in [0.1, 0.15) is 5.56 Å². The standard InChI is InChI=1S/C22H16Cl2N2O6S/c1-4-7-31-19-15(24)8-12(9-17(19)30-3)10-18(21(27)28)33-22-26-25-20(32-22)14-11-13(23)5-6-16(14)29-2/h1,5-6,8-11H,7H2,2-3H3,(H,27,28)/b18-10-. The van der Waals surface area contributed by atoms with Crippen LogP contribution < -0.4 is 14.2 Å². The number of aliphatic carboxylic acids is 1. The van der Waals surface area contributed by atoms with Crippen LogP contribution in [0, 0.1) is 12.3 Å². The molecule has 0 aliphatic heterocycles. The minimum atomic E-state index is -1.21. The molecule has 0 radical (unpaired) electrons. The number of halogens is 2. The Morgan fingerprint density at radius 2 is 1.97 bits per heavy atom. The van der Waals surface area contributed by atoms with Gasteiger partial charge in [-0.1, -0.05) is 29.1 Å². The second kappa shape index (κ2) is 11.0. The van der Waals surface area contributed by atoms with Gasteiger partial charge in [0.15, 0.2) is 11.5 Å². The number of methoxy groups -OCH3 is 2. The van der Waals surface area contributed by atoms with Gasteiger partial charge < -0.3 is 23.7 Å². The molecule has 0 aliphatic rings. The Labute approximate surface area is 203 Å². The van der Waals surface area contributed by atoms with Crippen LogP contribution in [0.15, 0.2) is 44.9 Å². The van der Waals surface area contributed by atoms with Gasteiger partial charge in [-0.05, 0) is 53.7 Å². The average molecular weight is 507 g/mol.